The van der Waals surface area contributed by atoms with Crippen molar-refractivity contribution >= 4 is 0 Å². The smallest absolute Gasteiger partial charge is 0.418 e. The van der Waals surface area contributed by atoms with Gasteiger partial charge in [-0.1, -0.05) is 0 Å². The summed E-state index contributed by atoms with van der Waals surface area (Å²) in [5.74, 6) is -0.654. The van der Waals surface area contributed by atoms with Crippen molar-refractivity contribution < 1.29 is 26.7 Å². The number of hydrogen-bond acceptors (Lipinski definition) is 3. The molecular formula is C10H7F5N2O. The zero-order chi connectivity index (χ0) is 13.9. The van der Waals surface area contributed by atoms with Crippen molar-refractivity contribution in [2.24, 2.45) is 0 Å². The molecule has 1 rings (SSSR count). The molecule has 0 aromatic carbocycles. The van der Waals surface area contributed by atoms with Crippen molar-refractivity contribution in [2.45, 2.75) is 19.0 Å². The van der Waals surface area contributed by atoms with Crippen LogP contribution in [0.4, 0.5) is 22.0 Å². The van der Waals surface area contributed by atoms with Gasteiger partial charge >= 0.3 is 6.18 Å². The van der Waals surface area contributed by atoms with Crippen molar-refractivity contribution in [3.05, 3.63) is 23.0 Å². The maximum Gasteiger partial charge on any atom is 0.418 e. The Labute approximate surface area is 98.8 Å². The lowest BCUT2D eigenvalue weighted by molar-refractivity contribution is -0.138. The third-order valence-corrected chi connectivity index (χ3v) is 2.07. The van der Waals surface area contributed by atoms with Crippen LogP contribution in [0, 0.1) is 11.3 Å². The van der Waals surface area contributed by atoms with Crippen LogP contribution in [-0.4, -0.2) is 12.1 Å². The zero-order valence-electron chi connectivity index (χ0n) is 9.05. The Kier molecular flexibility index (Phi) is 4.06. The Morgan fingerprint density at radius 2 is 2.06 bits per heavy atom. The molecule has 1 aromatic heterocycles. The fourth-order valence-corrected chi connectivity index (χ4v) is 1.32. The highest BCUT2D eigenvalue weighted by Gasteiger charge is 2.36. The van der Waals surface area contributed by atoms with Gasteiger partial charge in [0.25, 0.3) is 6.43 Å². The Morgan fingerprint density at radius 1 is 1.44 bits per heavy atom. The summed E-state index contributed by atoms with van der Waals surface area (Å²) >= 11 is 0. The number of alkyl halides is 5. The highest BCUT2D eigenvalue weighted by Crippen LogP contribution is 2.37. The van der Waals surface area contributed by atoms with Crippen LogP contribution in [0.2, 0.25) is 0 Å². The third-order valence-electron chi connectivity index (χ3n) is 2.07. The standard InChI is InChI=1S/C10H7F5N2O/c1-18-7-4-5(10(13,14)15)6(2-3-16)17-8(7)9(11)12/h4,9H,2H2,1H3. The first-order valence-electron chi connectivity index (χ1n) is 4.61. The summed E-state index contributed by atoms with van der Waals surface area (Å²) in [5, 5.41) is 8.39. The molecule has 0 atom stereocenters. The van der Waals surface area contributed by atoms with Gasteiger partial charge in [-0.25, -0.2) is 13.8 Å². The molecule has 1 heterocycles. The minimum atomic E-state index is -4.78. The van der Waals surface area contributed by atoms with Crippen LogP contribution in [0.3, 0.4) is 0 Å². The van der Waals surface area contributed by atoms with Crippen molar-refractivity contribution in [3.63, 3.8) is 0 Å². The van der Waals surface area contributed by atoms with Gasteiger partial charge in [-0.05, 0) is 6.07 Å². The minimum absolute atomic E-state index is 0.432. The Morgan fingerprint density at radius 3 is 2.44 bits per heavy atom. The van der Waals surface area contributed by atoms with Crippen LogP contribution in [0.15, 0.2) is 6.07 Å². The predicted molar refractivity (Wildman–Crippen MR) is 50.1 cm³/mol. The summed E-state index contributed by atoms with van der Waals surface area (Å²) in [6, 6.07) is 1.88. The monoisotopic (exact) mass is 266 g/mol. The maximum absolute atomic E-state index is 12.6. The zero-order valence-corrected chi connectivity index (χ0v) is 9.05. The second-order valence-corrected chi connectivity index (χ2v) is 3.20. The number of methoxy groups -OCH3 is 1. The topological polar surface area (TPSA) is 45.9 Å². The van der Waals surface area contributed by atoms with E-state index in [4.69, 9.17) is 5.26 Å². The average molecular weight is 266 g/mol. The van der Waals surface area contributed by atoms with E-state index in [1.807, 2.05) is 0 Å². The minimum Gasteiger partial charge on any atom is -0.495 e. The van der Waals surface area contributed by atoms with Crippen molar-refractivity contribution in [3.8, 4) is 11.8 Å². The quantitative estimate of drug-likeness (QED) is 0.789. The lowest BCUT2D eigenvalue weighted by Crippen LogP contribution is -2.13. The third kappa shape index (κ3) is 2.85. The molecule has 0 bridgehead atoms. The van der Waals surface area contributed by atoms with Gasteiger partial charge in [0.2, 0.25) is 0 Å². The molecule has 8 heteroatoms. The number of ether oxygens (including phenoxy) is 1. The lowest BCUT2D eigenvalue weighted by Gasteiger charge is -2.14. The Bertz CT molecular complexity index is 478. The van der Waals surface area contributed by atoms with Crippen LogP contribution >= 0.6 is 0 Å². The van der Waals surface area contributed by atoms with Gasteiger partial charge < -0.3 is 4.74 Å². The van der Waals surface area contributed by atoms with E-state index in [9.17, 15) is 22.0 Å². The molecule has 0 saturated carbocycles. The number of pyridine rings is 1. The van der Waals surface area contributed by atoms with E-state index in [0.29, 0.717) is 6.07 Å². The largest absolute Gasteiger partial charge is 0.495 e. The van der Waals surface area contributed by atoms with E-state index < -0.39 is 41.7 Å². The molecule has 0 N–H and O–H groups in total. The average Bonchev–Trinajstić information content (AvgIpc) is 2.27. The molecule has 3 nitrogen and oxygen atoms in total. The first kappa shape index (κ1) is 14.2. The Hall–Kier alpha value is -1.91. The fourth-order valence-electron chi connectivity index (χ4n) is 1.32. The van der Waals surface area contributed by atoms with Crippen molar-refractivity contribution in [1.29, 1.82) is 5.26 Å². The van der Waals surface area contributed by atoms with Crippen LogP contribution in [0.1, 0.15) is 23.4 Å². The SMILES string of the molecule is COc1cc(C(F)(F)F)c(CC#N)nc1C(F)F. The summed E-state index contributed by atoms with van der Waals surface area (Å²) in [6.45, 7) is 0. The van der Waals surface area contributed by atoms with Crippen LogP contribution in [0.25, 0.3) is 0 Å². The normalized spacial score (nSPS) is 11.4. The van der Waals surface area contributed by atoms with Crippen LogP contribution in [0.5, 0.6) is 5.75 Å². The number of halogens is 5. The molecule has 0 amide bonds. The van der Waals surface area contributed by atoms with E-state index in [0.717, 1.165) is 7.11 Å². The van der Waals surface area contributed by atoms with E-state index in [1.54, 1.807) is 0 Å². The highest BCUT2D eigenvalue weighted by molar-refractivity contribution is 5.38. The molecule has 18 heavy (non-hydrogen) atoms. The highest BCUT2D eigenvalue weighted by atomic mass is 19.4. The molecule has 0 fully saturated rings. The molecular weight excluding hydrogens is 259 g/mol. The number of aromatic nitrogens is 1. The van der Waals surface area contributed by atoms with Gasteiger partial charge in [-0.3, -0.25) is 0 Å². The van der Waals surface area contributed by atoms with Gasteiger partial charge in [-0.15, -0.1) is 0 Å². The summed E-state index contributed by atoms with van der Waals surface area (Å²) < 4.78 is 67.4. The van der Waals surface area contributed by atoms with Crippen LogP contribution in [-0.2, 0) is 12.6 Å². The van der Waals surface area contributed by atoms with Gasteiger partial charge in [0.05, 0.1) is 30.9 Å². The second kappa shape index (κ2) is 5.16. The van der Waals surface area contributed by atoms with Gasteiger partial charge in [0.1, 0.15) is 11.4 Å². The van der Waals surface area contributed by atoms with Crippen molar-refractivity contribution in [1.82, 2.24) is 4.98 Å². The number of nitriles is 1. The molecule has 0 aliphatic heterocycles. The maximum atomic E-state index is 12.6. The Balaban J connectivity index is 3.48. The number of nitrogens with zero attached hydrogens (tertiary/aromatic N) is 2. The van der Waals surface area contributed by atoms with Gasteiger partial charge in [0.15, 0.2) is 0 Å². The molecule has 1 aromatic rings. The molecule has 0 spiro atoms. The molecule has 98 valence electrons. The molecule has 0 aliphatic rings. The van der Waals surface area contributed by atoms with Crippen molar-refractivity contribution in [2.75, 3.05) is 7.11 Å². The van der Waals surface area contributed by atoms with E-state index >= 15 is 0 Å². The number of rotatable bonds is 3. The van der Waals surface area contributed by atoms with Crippen LogP contribution < -0.4 is 4.74 Å². The lowest BCUT2D eigenvalue weighted by atomic mass is 10.1. The molecule has 0 unspecified atom stereocenters. The van der Waals surface area contributed by atoms with Gasteiger partial charge in [-0.2, -0.15) is 18.4 Å². The molecule has 0 aliphatic carbocycles. The van der Waals surface area contributed by atoms with E-state index in [1.165, 1.54) is 6.07 Å². The molecule has 0 saturated heterocycles. The summed E-state index contributed by atoms with van der Waals surface area (Å²) in [4.78, 5) is 3.18. The second-order valence-electron chi connectivity index (χ2n) is 3.20. The van der Waals surface area contributed by atoms with E-state index in [2.05, 4.69) is 9.72 Å². The summed E-state index contributed by atoms with van der Waals surface area (Å²) in [5.41, 5.74) is -2.89. The molecule has 0 radical (unpaired) electrons. The fraction of sp³-hybridized carbons (Fsp3) is 0.400. The number of hydrogen-bond donors (Lipinski definition) is 0. The van der Waals surface area contributed by atoms with Gasteiger partial charge in [0, 0.05) is 0 Å². The van der Waals surface area contributed by atoms with E-state index in [-0.39, 0.29) is 0 Å². The predicted octanol–water partition coefficient (Wildman–Crippen LogP) is 3.11. The first-order chi connectivity index (χ1) is 8.31. The summed E-state index contributed by atoms with van der Waals surface area (Å²) in [7, 11) is 0.965. The first-order valence-corrected chi connectivity index (χ1v) is 4.61. The summed E-state index contributed by atoms with van der Waals surface area (Å²) in [6.07, 6.45) is -8.58.